The number of quaternary nitrogens is 1. The van der Waals surface area contributed by atoms with Crippen LogP contribution < -0.4 is 4.48 Å². The fourth-order valence-corrected chi connectivity index (χ4v) is 4.67. The Kier molecular flexibility index (Phi) is 4.60. The van der Waals surface area contributed by atoms with E-state index in [1.54, 1.807) is 0 Å². The summed E-state index contributed by atoms with van der Waals surface area (Å²) in [5.41, 5.74) is 14.1. The molecule has 2 heteroatoms. The predicted molar refractivity (Wildman–Crippen MR) is 114 cm³/mol. The molecule has 0 N–H and O–H groups in total. The zero-order valence-electron chi connectivity index (χ0n) is 18.0. The Morgan fingerprint density at radius 3 is 1.58 bits per heavy atom. The highest BCUT2D eigenvalue weighted by atomic mass is 15.4. The van der Waals surface area contributed by atoms with Crippen molar-refractivity contribution in [3.05, 3.63) is 56.6 Å². The first-order valence-corrected chi connectivity index (χ1v) is 9.70. The van der Waals surface area contributed by atoms with Crippen molar-refractivity contribution in [2.75, 3.05) is 20.1 Å². The van der Waals surface area contributed by atoms with Crippen LogP contribution in [0.3, 0.4) is 0 Å². The summed E-state index contributed by atoms with van der Waals surface area (Å²) in [6.07, 6.45) is 2.45. The summed E-state index contributed by atoms with van der Waals surface area (Å²) in [6, 6.07) is 4.64. The van der Waals surface area contributed by atoms with E-state index >= 15 is 0 Å². The third kappa shape index (κ3) is 2.81. The number of nitrogens with zero attached hydrogens (tertiary/aromatic N) is 2. The van der Waals surface area contributed by atoms with Gasteiger partial charge < -0.3 is 0 Å². The quantitative estimate of drug-likeness (QED) is 0.498. The molecule has 1 heterocycles. The van der Waals surface area contributed by atoms with E-state index in [0.29, 0.717) is 0 Å². The third-order valence-electron chi connectivity index (χ3n) is 6.65. The van der Waals surface area contributed by atoms with Crippen LogP contribution in [0.4, 0.5) is 11.4 Å². The summed E-state index contributed by atoms with van der Waals surface area (Å²) in [5, 5.41) is 0. The van der Waals surface area contributed by atoms with Gasteiger partial charge in [0.1, 0.15) is 5.69 Å². The first-order valence-electron chi connectivity index (χ1n) is 9.70. The molecule has 2 aromatic rings. The van der Waals surface area contributed by atoms with Crippen molar-refractivity contribution in [2.24, 2.45) is 0 Å². The van der Waals surface area contributed by atoms with Crippen LogP contribution in [0.1, 0.15) is 44.5 Å². The Balaban J connectivity index is 2.21. The van der Waals surface area contributed by atoms with Crippen molar-refractivity contribution in [2.45, 2.75) is 55.4 Å². The number of aryl methyl sites for hydroxylation is 4. The molecule has 0 saturated heterocycles. The standard InChI is InChI=1S/C24H34N2/c1-15-12-16(2)20(6)23(19(15)5)25-10-11-26(9,14-25)24-21(7)17(3)13-18(4)22(24)8/h12-14H,10-11H2,1-9H3/q+2. The van der Waals surface area contributed by atoms with Gasteiger partial charge in [-0.1, -0.05) is 12.1 Å². The van der Waals surface area contributed by atoms with Gasteiger partial charge in [-0.05, 0) is 77.6 Å². The number of hydrogen-bond donors (Lipinski definition) is 0. The molecule has 1 atom stereocenters. The van der Waals surface area contributed by atoms with Crippen molar-refractivity contribution >= 4 is 17.7 Å². The Hall–Kier alpha value is -1.93. The van der Waals surface area contributed by atoms with Crippen LogP contribution in [0.25, 0.3) is 0 Å². The fraction of sp³-hybridized carbons (Fsp3) is 0.458. The highest BCUT2D eigenvalue weighted by Gasteiger charge is 2.40. The molecule has 1 unspecified atom stereocenters. The van der Waals surface area contributed by atoms with E-state index in [2.05, 4.69) is 85.5 Å². The zero-order valence-corrected chi connectivity index (χ0v) is 18.0. The van der Waals surface area contributed by atoms with E-state index < -0.39 is 0 Å². The van der Waals surface area contributed by atoms with Crippen LogP contribution in [0.15, 0.2) is 12.1 Å². The van der Waals surface area contributed by atoms with Gasteiger partial charge in [0.05, 0.1) is 7.05 Å². The van der Waals surface area contributed by atoms with Crippen molar-refractivity contribution in [1.29, 1.82) is 0 Å². The van der Waals surface area contributed by atoms with E-state index in [-0.39, 0.29) is 0 Å². The van der Waals surface area contributed by atoms with Gasteiger partial charge in [-0.2, -0.15) is 0 Å². The van der Waals surface area contributed by atoms with Gasteiger partial charge in [0, 0.05) is 22.3 Å². The lowest BCUT2D eigenvalue weighted by molar-refractivity contribution is -0.425. The first kappa shape index (κ1) is 18.8. The molecule has 0 radical (unpaired) electrons. The molecule has 138 valence electrons. The topological polar surface area (TPSA) is 3.01 Å². The average molecular weight is 351 g/mol. The molecule has 3 rings (SSSR count). The highest BCUT2D eigenvalue weighted by Crippen LogP contribution is 2.36. The molecule has 0 fully saturated rings. The number of rotatable bonds is 2. The lowest BCUT2D eigenvalue weighted by Gasteiger charge is -2.26. The van der Waals surface area contributed by atoms with E-state index in [4.69, 9.17) is 0 Å². The summed E-state index contributed by atoms with van der Waals surface area (Å²) in [7, 11) is 2.36. The maximum atomic E-state index is 2.50. The van der Waals surface area contributed by atoms with Gasteiger partial charge in [0.25, 0.3) is 0 Å². The summed E-state index contributed by atoms with van der Waals surface area (Å²) in [5.74, 6) is 0. The van der Waals surface area contributed by atoms with Gasteiger partial charge in [0.2, 0.25) is 12.2 Å². The Labute approximate surface area is 159 Å². The summed E-state index contributed by atoms with van der Waals surface area (Å²) in [6.45, 7) is 20.2. The van der Waals surface area contributed by atoms with Crippen LogP contribution in [-0.2, 0) is 0 Å². The Morgan fingerprint density at radius 2 is 1.12 bits per heavy atom. The van der Waals surface area contributed by atoms with Gasteiger partial charge >= 0.3 is 6.34 Å². The SMILES string of the molecule is Cc1cc(C)c(C)c([N+]2=C[N+](C)(c3c(C)c(C)cc(C)c3C)CC2)c1C. The number of hydrogen-bond acceptors (Lipinski definition) is 0. The van der Waals surface area contributed by atoms with E-state index in [1.807, 2.05) is 0 Å². The van der Waals surface area contributed by atoms with Gasteiger partial charge in [-0.25, -0.2) is 4.48 Å². The van der Waals surface area contributed by atoms with Gasteiger partial charge in [0.15, 0.2) is 6.54 Å². The predicted octanol–water partition coefficient (Wildman–Crippen LogP) is 5.48. The highest BCUT2D eigenvalue weighted by molar-refractivity contribution is 5.77. The van der Waals surface area contributed by atoms with Crippen LogP contribution in [-0.4, -0.2) is 31.1 Å². The molecule has 0 saturated carbocycles. The molecule has 26 heavy (non-hydrogen) atoms. The van der Waals surface area contributed by atoms with Crippen molar-refractivity contribution in [3.63, 3.8) is 0 Å². The van der Waals surface area contributed by atoms with Crippen molar-refractivity contribution in [3.8, 4) is 0 Å². The van der Waals surface area contributed by atoms with E-state index in [1.165, 1.54) is 55.9 Å². The maximum Gasteiger partial charge on any atom is 0.337 e. The zero-order chi connectivity index (χ0) is 19.4. The molecule has 0 aliphatic carbocycles. The maximum absolute atomic E-state index is 2.50. The normalized spacial score (nSPS) is 19.8. The summed E-state index contributed by atoms with van der Waals surface area (Å²) < 4.78 is 3.38. The summed E-state index contributed by atoms with van der Waals surface area (Å²) in [4.78, 5) is 0. The number of benzene rings is 2. The largest absolute Gasteiger partial charge is 0.337 e. The van der Waals surface area contributed by atoms with Crippen LogP contribution >= 0.6 is 0 Å². The average Bonchev–Trinajstić information content (AvgIpc) is 2.94. The third-order valence-corrected chi connectivity index (χ3v) is 6.65. The fourth-order valence-electron chi connectivity index (χ4n) is 4.67. The van der Waals surface area contributed by atoms with Crippen molar-refractivity contribution < 1.29 is 4.58 Å². The van der Waals surface area contributed by atoms with E-state index in [0.717, 1.165) is 17.6 Å². The second-order valence-corrected chi connectivity index (χ2v) is 8.52. The minimum Gasteiger partial charge on any atom is -0.207 e. The molecule has 0 bridgehead atoms. The summed E-state index contributed by atoms with van der Waals surface area (Å²) >= 11 is 0. The minimum atomic E-state index is 0.881. The molecule has 0 amide bonds. The number of likely N-dealkylation sites (N-methyl/N-ethyl adjacent to an activating group) is 1. The van der Waals surface area contributed by atoms with E-state index in [9.17, 15) is 0 Å². The molecular weight excluding hydrogens is 316 g/mol. The van der Waals surface area contributed by atoms with Crippen LogP contribution in [0.5, 0.6) is 0 Å². The van der Waals surface area contributed by atoms with Gasteiger partial charge in [-0.15, -0.1) is 4.58 Å². The molecular formula is C24H34N2+2. The molecule has 1 aliphatic rings. The van der Waals surface area contributed by atoms with Gasteiger partial charge in [-0.3, -0.25) is 0 Å². The smallest absolute Gasteiger partial charge is 0.207 e. The van der Waals surface area contributed by atoms with Crippen LogP contribution in [0, 0.1) is 55.4 Å². The minimum absolute atomic E-state index is 0.881. The van der Waals surface area contributed by atoms with Crippen molar-refractivity contribution in [1.82, 2.24) is 4.48 Å². The molecule has 1 aliphatic heterocycles. The second kappa shape index (κ2) is 6.35. The Bertz CT molecular complexity index is 882. The molecule has 0 aromatic heterocycles. The monoisotopic (exact) mass is 350 g/mol. The second-order valence-electron chi connectivity index (χ2n) is 8.52. The molecule has 0 spiro atoms. The first-order chi connectivity index (χ1) is 12.1. The lowest BCUT2D eigenvalue weighted by Crippen LogP contribution is -2.43. The van der Waals surface area contributed by atoms with Crippen LogP contribution in [0.2, 0.25) is 0 Å². The molecule has 2 aromatic carbocycles. The Morgan fingerprint density at radius 1 is 0.692 bits per heavy atom. The molecule has 2 nitrogen and oxygen atoms in total. The lowest BCUT2D eigenvalue weighted by atomic mass is 9.97.